The Morgan fingerprint density at radius 3 is 2.55 bits per heavy atom. The SMILES string of the molecule is COc1ccc(C[C@H](NP(=O)(O)O)C(=O)N[C@H]2[C@@H](O)[C@H](n3cnc4c(N(C)C)ncnc43)O[C@@H]2CO)cc1. The van der Waals surface area contributed by atoms with Gasteiger partial charge in [-0.05, 0) is 24.1 Å². The van der Waals surface area contributed by atoms with Crippen LogP contribution < -0.4 is 20.0 Å². The Kier molecular flexibility index (Phi) is 8.28. The van der Waals surface area contributed by atoms with Gasteiger partial charge in [-0.3, -0.25) is 9.36 Å². The molecule has 6 N–H and O–H groups in total. The van der Waals surface area contributed by atoms with Gasteiger partial charge in [-0.2, -0.15) is 0 Å². The van der Waals surface area contributed by atoms with Crippen molar-refractivity contribution in [2.24, 2.45) is 0 Å². The normalized spacial score (nSPS) is 22.4. The van der Waals surface area contributed by atoms with Gasteiger partial charge in [0.15, 0.2) is 23.2 Å². The van der Waals surface area contributed by atoms with Crippen molar-refractivity contribution >= 4 is 30.6 Å². The van der Waals surface area contributed by atoms with Gasteiger partial charge in [-0.25, -0.2) is 24.6 Å². The van der Waals surface area contributed by atoms with Crippen LogP contribution in [-0.2, 0) is 20.5 Å². The molecule has 3 aromatic rings. The van der Waals surface area contributed by atoms with Crippen LogP contribution in [0.15, 0.2) is 36.9 Å². The van der Waals surface area contributed by atoms with E-state index in [0.29, 0.717) is 28.3 Å². The fourth-order valence-corrected chi connectivity index (χ4v) is 4.94. The third kappa shape index (κ3) is 5.94. The minimum absolute atomic E-state index is 0.0752. The van der Waals surface area contributed by atoms with Crippen molar-refractivity contribution in [3.05, 3.63) is 42.5 Å². The number of anilines is 1. The van der Waals surface area contributed by atoms with Crippen LogP contribution in [-0.4, -0.2) is 97.5 Å². The number of methoxy groups -OCH3 is 1. The van der Waals surface area contributed by atoms with Gasteiger partial charge in [-0.15, -0.1) is 0 Å². The number of hydrogen-bond donors (Lipinski definition) is 6. The Bertz CT molecular complexity index is 1310. The average Bonchev–Trinajstić information content (AvgIpc) is 3.43. The molecule has 0 bridgehead atoms. The third-order valence-corrected chi connectivity index (χ3v) is 6.79. The van der Waals surface area contributed by atoms with E-state index in [4.69, 9.17) is 9.47 Å². The summed E-state index contributed by atoms with van der Waals surface area (Å²) in [4.78, 5) is 46.7. The summed E-state index contributed by atoms with van der Waals surface area (Å²) >= 11 is 0. The molecule has 1 aromatic carbocycles. The quantitative estimate of drug-likeness (QED) is 0.166. The number of nitrogens with one attached hydrogen (secondary N) is 2. The molecule has 16 heteroatoms. The molecule has 1 aliphatic heterocycles. The van der Waals surface area contributed by atoms with Crippen LogP contribution >= 0.6 is 7.75 Å². The topological polar surface area (TPSA) is 204 Å². The van der Waals surface area contributed by atoms with Gasteiger partial charge in [0.05, 0.1) is 26.1 Å². The Morgan fingerprint density at radius 2 is 1.95 bits per heavy atom. The number of imidazole rings is 1. The average molecular weight is 551 g/mol. The minimum Gasteiger partial charge on any atom is -0.497 e. The van der Waals surface area contributed by atoms with Crippen molar-refractivity contribution in [1.29, 1.82) is 0 Å². The second kappa shape index (κ2) is 11.3. The Balaban J connectivity index is 1.56. The highest BCUT2D eigenvalue weighted by molar-refractivity contribution is 7.49. The summed E-state index contributed by atoms with van der Waals surface area (Å²) < 4.78 is 24.2. The summed E-state index contributed by atoms with van der Waals surface area (Å²) in [6, 6.07) is 4.16. The van der Waals surface area contributed by atoms with Gasteiger partial charge >= 0.3 is 7.75 Å². The summed E-state index contributed by atoms with van der Waals surface area (Å²) in [6.45, 7) is -0.544. The lowest BCUT2D eigenvalue weighted by atomic mass is 10.0. The van der Waals surface area contributed by atoms with Gasteiger partial charge in [0.25, 0.3) is 0 Å². The van der Waals surface area contributed by atoms with Crippen molar-refractivity contribution in [1.82, 2.24) is 29.9 Å². The zero-order valence-electron chi connectivity index (χ0n) is 20.9. The lowest BCUT2D eigenvalue weighted by Gasteiger charge is -2.25. The summed E-state index contributed by atoms with van der Waals surface area (Å²) in [5.41, 5.74) is 1.44. The van der Waals surface area contributed by atoms with E-state index in [0.717, 1.165) is 0 Å². The van der Waals surface area contributed by atoms with Gasteiger partial charge < -0.3 is 39.7 Å². The second-order valence-electron chi connectivity index (χ2n) is 8.97. The minimum atomic E-state index is -4.81. The number of aliphatic hydroxyl groups is 2. The van der Waals surface area contributed by atoms with Crippen LogP contribution in [0.4, 0.5) is 5.82 Å². The summed E-state index contributed by atoms with van der Waals surface area (Å²) in [5, 5.41) is 25.7. The lowest BCUT2D eigenvalue weighted by Crippen LogP contribution is -2.54. The molecule has 1 saturated heterocycles. The number of carbonyl (C=O) groups is 1. The van der Waals surface area contributed by atoms with Gasteiger partial charge in [0.1, 0.15) is 30.3 Å². The number of hydrogen-bond acceptors (Lipinski definition) is 10. The molecule has 1 amide bonds. The van der Waals surface area contributed by atoms with E-state index in [1.165, 1.54) is 24.3 Å². The molecule has 1 aliphatic rings. The molecule has 38 heavy (non-hydrogen) atoms. The van der Waals surface area contributed by atoms with Crippen LogP contribution in [0.1, 0.15) is 11.8 Å². The van der Waals surface area contributed by atoms with E-state index in [-0.39, 0.29) is 6.42 Å². The summed E-state index contributed by atoms with van der Waals surface area (Å²) in [7, 11) is 0.279. The smallest absolute Gasteiger partial charge is 0.401 e. The van der Waals surface area contributed by atoms with Crippen LogP contribution in [0.2, 0.25) is 0 Å². The molecule has 0 spiro atoms. The molecule has 1 fully saturated rings. The number of carbonyl (C=O) groups excluding carboxylic acids is 1. The van der Waals surface area contributed by atoms with Crippen LogP contribution in [0.5, 0.6) is 5.75 Å². The molecule has 0 unspecified atom stereocenters. The second-order valence-corrected chi connectivity index (χ2v) is 10.3. The predicted octanol–water partition coefficient (Wildman–Crippen LogP) is -1.07. The molecular formula is C22H30N7O8P. The third-order valence-electron chi connectivity index (χ3n) is 6.14. The highest BCUT2D eigenvalue weighted by Gasteiger charge is 2.46. The molecular weight excluding hydrogens is 521 g/mol. The fraction of sp³-hybridized carbons (Fsp3) is 0.455. The zero-order valence-corrected chi connectivity index (χ0v) is 21.8. The van der Waals surface area contributed by atoms with Gasteiger partial charge in [-0.1, -0.05) is 12.1 Å². The van der Waals surface area contributed by atoms with E-state index in [2.05, 4.69) is 20.3 Å². The number of rotatable bonds is 10. The van der Waals surface area contributed by atoms with Crippen LogP contribution in [0.25, 0.3) is 11.2 Å². The number of aliphatic hydroxyl groups excluding tert-OH is 2. The summed E-state index contributed by atoms with van der Waals surface area (Å²) in [5.74, 6) is 0.328. The van der Waals surface area contributed by atoms with E-state index in [1.54, 1.807) is 43.3 Å². The maximum atomic E-state index is 13.2. The fourth-order valence-electron chi connectivity index (χ4n) is 4.32. The van der Waals surface area contributed by atoms with Crippen molar-refractivity contribution in [2.75, 3.05) is 32.7 Å². The number of aromatic nitrogens is 4. The molecule has 2 aromatic heterocycles. The Labute approximate surface area is 217 Å². The van der Waals surface area contributed by atoms with Gasteiger partial charge in [0.2, 0.25) is 5.91 Å². The Hall–Kier alpha value is -3.17. The number of benzene rings is 1. The molecule has 5 atom stereocenters. The van der Waals surface area contributed by atoms with Crippen LogP contribution in [0.3, 0.4) is 0 Å². The standard InChI is InChI=1S/C22H30N7O8P/c1-28(2)19-17-20(24-10-23-19)29(11-25-17)22-18(31)16(15(9-30)37-22)26-21(32)14(27-38(33,34)35)8-12-4-6-13(36-3)7-5-12/h4-7,10-11,14-16,18,22,30-31H,8-9H2,1-3H3,(H,26,32)(H3,27,33,34,35)/t14-,15+,16+,18+,22+/m0/s1. The highest BCUT2D eigenvalue weighted by atomic mass is 31.2. The van der Waals surface area contributed by atoms with E-state index < -0.39 is 50.8 Å². The Morgan fingerprint density at radius 1 is 1.24 bits per heavy atom. The van der Waals surface area contributed by atoms with E-state index >= 15 is 0 Å². The highest BCUT2D eigenvalue weighted by Crippen LogP contribution is 2.33. The van der Waals surface area contributed by atoms with E-state index in [1.807, 2.05) is 5.09 Å². The van der Waals surface area contributed by atoms with Crippen molar-refractivity contribution in [3.63, 3.8) is 0 Å². The molecule has 15 nitrogen and oxygen atoms in total. The predicted molar refractivity (Wildman–Crippen MR) is 134 cm³/mol. The maximum Gasteiger partial charge on any atom is 0.401 e. The zero-order chi connectivity index (χ0) is 27.6. The molecule has 206 valence electrons. The maximum absolute atomic E-state index is 13.2. The molecule has 0 saturated carbocycles. The van der Waals surface area contributed by atoms with Crippen molar-refractivity contribution in [3.8, 4) is 5.75 Å². The first kappa shape index (κ1) is 27.9. The largest absolute Gasteiger partial charge is 0.497 e. The number of amides is 1. The first-order valence-electron chi connectivity index (χ1n) is 11.6. The first-order chi connectivity index (χ1) is 18.0. The summed E-state index contributed by atoms with van der Waals surface area (Å²) in [6.07, 6.45) is -0.764. The molecule has 0 radical (unpaired) electrons. The molecule has 3 heterocycles. The monoisotopic (exact) mass is 551 g/mol. The van der Waals surface area contributed by atoms with Gasteiger partial charge in [0, 0.05) is 14.1 Å². The van der Waals surface area contributed by atoms with Crippen molar-refractivity contribution < 1.29 is 38.8 Å². The number of nitrogens with zero attached hydrogens (tertiary/aromatic N) is 5. The van der Waals surface area contributed by atoms with Crippen molar-refractivity contribution in [2.45, 2.75) is 36.9 Å². The van der Waals surface area contributed by atoms with E-state index in [9.17, 15) is 29.4 Å². The first-order valence-corrected chi connectivity index (χ1v) is 13.2. The number of ether oxygens (including phenoxy) is 2. The number of fused-ring (bicyclic) bond motifs is 1. The lowest BCUT2D eigenvalue weighted by molar-refractivity contribution is -0.124. The molecule has 0 aliphatic carbocycles. The molecule has 4 rings (SSSR count). The van der Waals surface area contributed by atoms with Crippen LogP contribution in [0, 0.1) is 0 Å².